The van der Waals surface area contributed by atoms with Gasteiger partial charge >= 0.3 is 5.97 Å². The van der Waals surface area contributed by atoms with Gasteiger partial charge < -0.3 is 9.84 Å². The Bertz CT molecular complexity index is 379. The van der Waals surface area contributed by atoms with Crippen LogP contribution in [0.15, 0.2) is 36.0 Å². The summed E-state index contributed by atoms with van der Waals surface area (Å²) in [6.45, 7) is 6.42. The molecule has 0 aromatic rings. The van der Waals surface area contributed by atoms with Crippen molar-refractivity contribution in [2.75, 3.05) is 6.61 Å². The molecule has 3 atom stereocenters. The highest BCUT2D eigenvalue weighted by molar-refractivity contribution is 5.83. The van der Waals surface area contributed by atoms with Crippen molar-refractivity contribution in [3.8, 4) is 0 Å². The maximum absolute atomic E-state index is 11.2. The molecule has 106 valence electrons. The van der Waals surface area contributed by atoms with Crippen LogP contribution in [0.3, 0.4) is 0 Å². The van der Waals surface area contributed by atoms with Crippen LogP contribution in [0.4, 0.5) is 0 Å². The number of hydrogen-bond acceptors (Lipinski definition) is 3. The summed E-state index contributed by atoms with van der Waals surface area (Å²) < 4.78 is 5.27. The van der Waals surface area contributed by atoms with Gasteiger partial charge in [0.05, 0.1) is 0 Å². The number of cyclic esters (lactones) is 1. The van der Waals surface area contributed by atoms with Gasteiger partial charge in [-0.3, -0.25) is 0 Å². The number of rotatable bonds is 6. The zero-order chi connectivity index (χ0) is 14.3. The predicted octanol–water partition coefficient (Wildman–Crippen LogP) is 3.02. The molecule has 19 heavy (non-hydrogen) atoms. The quantitative estimate of drug-likeness (QED) is 0.592. The van der Waals surface area contributed by atoms with Crippen molar-refractivity contribution < 1.29 is 14.6 Å². The van der Waals surface area contributed by atoms with E-state index in [9.17, 15) is 4.79 Å². The van der Waals surface area contributed by atoms with E-state index in [-0.39, 0.29) is 24.6 Å². The van der Waals surface area contributed by atoms with Gasteiger partial charge in [-0.2, -0.15) is 0 Å². The Morgan fingerprint density at radius 2 is 2.32 bits per heavy atom. The Balaban J connectivity index is 2.67. The van der Waals surface area contributed by atoms with E-state index in [4.69, 9.17) is 9.84 Å². The minimum Gasteiger partial charge on any atom is -0.454 e. The van der Waals surface area contributed by atoms with Crippen LogP contribution in [0.1, 0.15) is 33.6 Å². The third kappa shape index (κ3) is 5.43. The summed E-state index contributed by atoms with van der Waals surface area (Å²) in [5.74, 6) is 0.293. The summed E-state index contributed by atoms with van der Waals surface area (Å²) in [4.78, 5) is 11.2. The molecule has 1 heterocycles. The summed E-state index contributed by atoms with van der Waals surface area (Å²) in [5, 5.41) is 8.91. The number of allylic oxidation sites excluding steroid dienone is 3. The van der Waals surface area contributed by atoms with Crippen LogP contribution >= 0.6 is 0 Å². The maximum atomic E-state index is 11.2. The standard InChI is InChI=1S/C16H24O3/c1-4-14(11-12(2)9-10-17)6-7-15-13(3)5-8-16(18)19-15/h5-8,11-13,15,17H,4,9-10H2,1-3H3/b7-6+,14-11-/t12-,13+,15+/m1/s1. The number of ether oxygens (including phenoxy) is 1. The van der Waals surface area contributed by atoms with Crippen LogP contribution in [0, 0.1) is 11.8 Å². The first-order valence-electron chi connectivity index (χ1n) is 6.95. The molecule has 1 aliphatic heterocycles. The lowest BCUT2D eigenvalue weighted by Crippen LogP contribution is -2.25. The molecule has 3 nitrogen and oxygen atoms in total. The van der Waals surface area contributed by atoms with Crippen LogP contribution < -0.4 is 0 Å². The van der Waals surface area contributed by atoms with Crippen molar-refractivity contribution in [2.45, 2.75) is 39.7 Å². The lowest BCUT2D eigenvalue weighted by atomic mass is 9.98. The lowest BCUT2D eigenvalue weighted by Gasteiger charge is -2.21. The van der Waals surface area contributed by atoms with E-state index in [1.165, 1.54) is 11.6 Å². The second-order valence-corrected chi connectivity index (χ2v) is 5.06. The van der Waals surface area contributed by atoms with E-state index in [0.717, 1.165) is 12.8 Å². The molecular weight excluding hydrogens is 240 g/mol. The number of carbonyl (C=O) groups excluding carboxylic acids is 1. The van der Waals surface area contributed by atoms with Gasteiger partial charge in [-0.1, -0.05) is 44.6 Å². The lowest BCUT2D eigenvalue weighted by molar-refractivity contribution is -0.143. The molecular formula is C16H24O3. The van der Waals surface area contributed by atoms with Gasteiger partial charge in [0.25, 0.3) is 0 Å². The Kier molecular flexibility index (Phi) is 6.57. The number of hydrogen-bond donors (Lipinski definition) is 1. The molecule has 0 bridgehead atoms. The van der Waals surface area contributed by atoms with Gasteiger partial charge in [0.1, 0.15) is 6.10 Å². The van der Waals surface area contributed by atoms with Crippen LogP contribution in [-0.2, 0) is 9.53 Å². The van der Waals surface area contributed by atoms with Gasteiger partial charge in [0.15, 0.2) is 0 Å². The fourth-order valence-electron chi connectivity index (χ4n) is 2.00. The maximum Gasteiger partial charge on any atom is 0.331 e. The van der Waals surface area contributed by atoms with Gasteiger partial charge in [-0.15, -0.1) is 0 Å². The highest BCUT2D eigenvalue weighted by Gasteiger charge is 2.20. The summed E-state index contributed by atoms with van der Waals surface area (Å²) in [7, 11) is 0. The Morgan fingerprint density at radius 3 is 2.95 bits per heavy atom. The number of esters is 1. The molecule has 0 aliphatic carbocycles. The van der Waals surface area contributed by atoms with Gasteiger partial charge in [0.2, 0.25) is 0 Å². The minimum absolute atomic E-state index is 0.180. The average molecular weight is 264 g/mol. The zero-order valence-electron chi connectivity index (χ0n) is 12.0. The molecule has 0 fully saturated rings. The van der Waals surface area contributed by atoms with Crippen molar-refractivity contribution in [3.63, 3.8) is 0 Å². The molecule has 1 rings (SSSR count). The number of aliphatic hydroxyl groups is 1. The molecule has 1 aliphatic rings. The molecule has 0 unspecified atom stereocenters. The summed E-state index contributed by atoms with van der Waals surface area (Å²) in [6, 6.07) is 0. The van der Waals surface area contributed by atoms with Crippen LogP contribution in [0.5, 0.6) is 0 Å². The second-order valence-electron chi connectivity index (χ2n) is 5.06. The molecule has 0 radical (unpaired) electrons. The highest BCUT2D eigenvalue weighted by Crippen LogP contribution is 2.18. The zero-order valence-corrected chi connectivity index (χ0v) is 12.0. The Morgan fingerprint density at radius 1 is 1.58 bits per heavy atom. The van der Waals surface area contributed by atoms with Gasteiger partial charge in [-0.05, 0) is 24.8 Å². The molecule has 0 amide bonds. The first-order chi connectivity index (χ1) is 9.06. The molecule has 0 aromatic heterocycles. The highest BCUT2D eigenvalue weighted by atomic mass is 16.5. The third-order valence-corrected chi connectivity index (χ3v) is 3.30. The van der Waals surface area contributed by atoms with E-state index in [1.54, 1.807) is 0 Å². The third-order valence-electron chi connectivity index (χ3n) is 3.30. The van der Waals surface area contributed by atoms with Crippen molar-refractivity contribution in [1.29, 1.82) is 0 Å². The fraction of sp³-hybridized carbons (Fsp3) is 0.562. The molecule has 3 heteroatoms. The topological polar surface area (TPSA) is 46.5 Å². The monoisotopic (exact) mass is 264 g/mol. The average Bonchev–Trinajstić information content (AvgIpc) is 2.38. The largest absolute Gasteiger partial charge is 0.454 e. The van der Waals surface area contributed by atoms with Gasteiger partial charge in [-0.25, -0.2) is 4.79 Å². The molecule has 0 aromatic carbocycles. The van der Waals surface area contributed by atoms with Crippen molar-refractivity contribution in [1.82, 2.24) is 0 Å². The first kappa shape index (κ1) is 15.7. The smallest absolute Gasteiger partial charge is 0.331 e. The second kappa shape index (κ2) is 7.95. The van der Waals surface area contributed by atoms with Crippen LogP contribution in [0.25, 0.3) is 0 Å². The summed E-state index contributed by atoms with van der Waals surface area (Å²) in [5.41, 5.74) is 1.21. The van der Waals surface area contributed by atoms with Crippen molar-refractivity contribution in [3.05, 3.63) is 36.0 Å². The minimum atomic E-state index is -0.275. The molecule has 0 spiro atoms. The van der Waals surface area contributed by atoms with Crippen LogP contribution in [0.2, 0.25) is 0 Å². The predicted molar refractivity (Wildman–Crippen MR) is 76.6 cm³/mol. The van der Waals surface area contributed by atoms with E-state index >= 15 is 0 Å². The SMILES string of the molecule is CCC(=C/[C@H](C)CCO)/C=C/[C@@H]1OC(=O)C=C[C@@H]1C. The Labute approximate surface area is 115 Å². The normalized spacial score (nSPS) is 25.7. The number of carbonyl (C=O) groups is 1. The van der Waals surface area contributed by atoms with E-state index in [1.807, 2.05) is 25.2 Å². The first-order valence-corrected chi connectivity index (χ1v) is 6.95. The van der Waals surface area contributed by atoms with Crippen LogP contribution in [-0.4, -0.2) is 23.8 Å². The van der Waals surface area contributed by atoms with Gasteiger partial charge in [0, 0.05) is 18.6 Å². The molecule has 0 saturated carbocycles. The molecule has 1 N–H and O–H groups in total. The van der Waals surface area contributed by atoms with E-state index < -0.39 is 0 Å². The Hall–Kier alpha value is -1.35. The number of aliphatic hydroxyl groups excluding tert-OH is 1. The summed E-state index contributed by atoms with van der Waals surface area (Å²) >= 11 is 0. The van der Waals surface area contributed by atoms with Crippen molar-refractivity contribution in [2.24, 2.45) is 11.8 Å². The van der Waals surface area contributed by atoms with E-state index in [0.29, 0.717) is 5.92 Å². The summed E-state index contributed by atoms with van der Waals surface area (Å²) in [6.07, 6.45) is 11.0. The van der Waals surface area contributed by atoms with Crippen molar-refractivity contribution >= 4 is 5.97 Å². The van der Waals surface area contributed by atoms with E-state index in [2.05, 4.69) is 19.9 Å². The molecule has 0 saturated heterocycles. The fourth-order valence-corrected chi connectivity index (χ4v) is 2.00.